The van der Waals surface area contributed by atoms with Gasteiger partial charge in [0.25, 0.3) is 5.91 Å². The van der Waals surface area contributed by atoms with E-state index in [2.05, 4.69) is 5.32 Å². The van der Waals surface area contributed by atoms with Gasteiger partial charge in [-0.2, -0.15) is 0 Å². The van der Waals surface area contributed by atoms with E-state index in [1.54, 1.807) is 18.2 Å². The standard InChI is InChI=1S/C18H14ClNO5/c1-18(9-11-8-12(19)4-7-14(11)16(23)25-18)17(24)20-13-5-2-10(3-6-13)15(21)22/h2-8H,9H2,1H3,(H,20,24)(H,21,22)/t18-/m1/s1. The Kier molecular flexibility index (Phi) is 4.22. The number of carboxylic acid groups (broad SMARTS) is 1. The number of amides is 1. The first kappa shape index (κ1) is 17.0. The first-order valence-corrected chi connectivity index (χ1v) is 7.83. The van der Waals surface area contributed by atoms with Crippen LogP contribution in [0.15, 0.2) is 42.5 Å². The lowest BCUT2D eigenvalue weighted by atomic mass is 9.89. The minimum absolute atomic E-state index is 0.108. The third-order valence-corrected chi connectivity index (χ3v) is 4.24. The monoisotopic (exact) mass is 359 g/mol. The van der Waals surface area contributed by atoms with Crippen LogP contribution >= 0.6 is 11.6 Å². The number of fused-ring (bicyclic) bond motifs is 1. The van der Waals surface area contributed by atoms with Crippen molar-refractivity contribution >= 4 is 35.1 Å². The van der Waals surface area contributed by atoms with Crippen molar-refractivity contribution in [2.45, 2.75) is 18.9 Å². The first-order valence-electron chi connectivity index (χ1n) is 7.45. The smallest absolute Gasteiger partial charge is 0.339 e. The van der Waals surface area contributed by atoms with Crippen molar-refractivity contribution in [1.29, 1.82) is 0 Å². The molecule has 2 aromatic rings. The molecule has 0 saturated heterocycles. The number of aromatic carboxylic acids is 1. The zero-order valence-corrected chi connectivity index (χ0v) is 14.0. The molecule has 0 radical (unpaired) electrons. The van der Waals surface area contributed by atoms with Crippen LogP contribution in [0.2, 0.25) is 5.02 Å². The summed E-state index contributed by atoms with van der Waals surface area (Å²) in [6.45, 7) is 1.52. The molecule has 1 aliphatic rings. The molecule has 1 atom stereocenters. The molecule has 6 nitrogen and oxygen atoms in total. The number of anilines is 1. The Morgan fingerprint density at radius 2 is 1.88 bits per heavy atom. The van der Waals surface area contributed by atoms with E-state index in [-0.39, 0.29) is 12.0 Å². The Balaban J connectivity index is 1.82. The van der Waals surface area contributed by atoms with Crippen molar-refractivity contribution in [3.8, 4) is 0 Å². The van der Waals surface area contributed by atoms with Crippen LogP contribution in [-0.4, -0.2) is 28.6 Å². The summed E-state index contributed by atoms with van der Waals surface area (Å²) in [5.41, 5.74) is 0.157. The van der Waals surface area contributed by atoms with E-state index in [1.807, 2.05) is 0 Å². The second-order valence-corrected chi connectivity index (χ2v) is 6.37. The van der Waals surface area contributed by atoms with Gasteiger partial charge in [-0.1, -0.05) is 11.6 Å². The molecule has 1 aliphatic heterocycles. The number of esters is 1. The van der Waals surface area contributed by atoms with Gasteiger partial charge in [-0.15, -0.1) is 0 Å². The van der Waals surface area contributed by atoms with Crippen molar-refractivity contribution in [3.63, 3.8) is 0 Å². The lowest BCUT2D eigenvalue weighted by molar-refractivity contribution is -0.134. The minimum atomic E-state index is -1.39. The van der Waals surface area contributed by atoms with Crippen molar-refractivity contribution in [2.75, 3.05) is 5.32 Å². The lowest BCUT2D eigenvalue weighted by Gasteiger charge is -2.33. The molecule has 0 aliphatic carbocycles. The van der Waals surface area contributed by atoms with Gasteiger partial charge in [-0.3, -0.25) is 4.79 Å². The fraction of sp³-hybridized carbons (Fsp3) is 0.167. The molecule has 25 heavy (non-hydrogen) atoms. The van der Waals surface area contributed by atoms with E-state index in [1.165, 1.54) is 31.2 Å². The molecular formula is C18H14ClNO5. The Bertz CT molecular complexity index is 878. The molecule has 1 amide bonds. The van der Waals surface area contributed by atoms with E-state index in [9.17, 15) is 14.4 Å². The Labute approximate surface area is 148 Å². The van der Waals surface area contributed by atoms with Crippen LogP contribution in [0.1, 0.15) is 33.2 Å². The molecule has 1 heterocycles. The summed E-state index contributed by atoms with van der Waals surface area (Å²) < 4.78 is 5.35. The van der Waals surface area contributed by atoms with Crippen LogP contribution in [0.4, 0.5) is 5.69 Å². The summed E-state index contributed by atoms with van der Waals surface area (Å²) in [6, 6.07) is 10.5. The topological polar surface area (TPSA) is 92.7 Å². The highest BCUT2D eigenvalue weighted by Gasteiger charge is 2.42. The molecule has 2 N–H and O–H groups in total. The van der Waals surface area contributed by atoms with Crippen LogP contribution in [-0.2, 0) is 16.0 Å². The highest BCUT2D eigenvalue weighted by molar-refractivity contribution is 6.30. The number of halogens is 1. The zero-order chi connectivity index (χ0) is 18.2. The van der Waals surface area contributed by atoms with Gasteiger partial charge < -0.3 is 15.2 Å². The molecule has 0 aromatic heterocycles. The second-order valence-electron chi connectivity index (χ2n) is 5.94. The largest absolute Gasteiger partial charge is 0.478 e. The fourth-order valence-corrected chi connectivity index (χ4v) is 2.85. The number of ether oxygens (including phenoxy) is 1. The first-order chi connectivity index (χ1) is 11.8. The molecular weight excluding hydrogens is 346 g/mol. The van der Waals surface area contributed by atoms with Crippen LogP contribution in [0.25, 0.3) is 0 Å². The molecule has 0 fully saturated rings. The van der Waals surface area contributed by atoms with E-state index in [4.69, 9.17) is 21.4 Å². The highest BCUT2D eigenvalue weighted by atomic mass is 35.5. The summed E-state index contributed by atoms with van der Waals surface area (Å²) in [5.74, 6) is -2.15. The summed E-state index contributed by atoms with van der Waals surface area (Å²) >= 11 is 5.97. The second kappa shape index (κ2) is 6.22. The van der Waals surface area contributed by atoms with Crippen molar-refractivity contribution in [1.82, 2.24) is 0 Å². The van der Waals surface area contributed by atoms with Gasteiger partial charge in [0.15, 0.2) is 5.60 Å². The lowest BCUT2D eigenvalue weighted by Crippen LogP contribution is -2.48. The number of cyclic esters (lactones) is 1. The minimum Gasteiger partial charge on any atom is -0.478 e. The van der Waals surface area contributed by atoms with Crippen LogP contribution in [0.3, 0.4) is 0 Å². The van der Waals surface area contributed by atoms with Crippen molar-refractivity contribution in [2.24, 2.45) is 0 Å². The van der Waals surface area contributed by atoms with E-state index < -0.39 is 23.4 Å². The fourth-order valence-electron chi connectivity index (χ4n) is 2.65. The number of rotatable bonds is 3. The molecule has 0 saturated carbocycles. The van der Waals surface area contributed by atoms with Gasteiger partial charge in [-0.05, 0) is 55.0 Å². The van der Waals surface area contributed by atoms with E-state index in [0.29, 0.717) is 21.8 Å². The predicted molar refractivity (Wildman–Crippen MR) is 91.0 cm³/mol. The third kappa shape index (κ3) is 3.34. The van der Waals surface area contributed by atoms with Gasteiger partial charge in [0, 0.05) is 17.1 Å². The summed E-state index contributed by atoms with van der Waals surface area (Å²) in [6.07, 6.45) is 0.188. The maximum atomic E-state index is 12.6. The third-order valence-electron chi connectivity index (χ3n) is 4.00. The molecule has 0 unspecified atom stereocenters. The number of benzene rings is 2. The number of carboxylic acids is 1. The highest BCUT2D eigenvalue weighted by Crippen LogP contribution is 2.31. The SMILES string of the molecule is C[C@]1(C(=O)Nc2ccc(C(=O)O)cc2)Cc2cc(Cl)ccc2C(=O)O1. The molecule has 128 valence electrons. The Morgan fingerprint density at radius 1 is 1.20 bits per heavy atom. The van der Waals surface area contributed by atoms with Gasteiger partial charge in [0.1, 0.15) is 0 Å². The number of hydrogen-bond donors (Lipinski definition) is 2. The quantitative estimate of drug-likeness (QED) is 0.821. The Morgan fingerprint density at radius 3 is 2.52 bits per heavy atom. The molecule has 2 aromatic carbocycles. The van der Waals surface area contributed by atoms with Gasteiger partial charge in [-0.25, -0.2) is 9.59 Å². The summed E-state index contributed by atoms with van der Waals surface area (Å²) in [7, 11) is 0. The zero-order valence-electron chi connectivity index (χ0n) is 13.2. The molecule has 0 spiro atoms. The summed E-state index contributed by atoms with van der Waals surface area (Å²) in [5, 5.41) is 12.0. The van der Waals surface area contributed by atoms with Gasteiger partial charge >= 0.3 is 11.9 Å². The van der Waals surface area contributed by atoms with Crippen molar-refractivity contribution in [3.05, 3.63) is 64.2 Å². The van der Waals surface area contributed by atoms with Crippen LogP contribution in [0.5, 0.6) is 0 Å². The molecule has 7 heteroatoms. The molecule has 3 rings (SSSR count). The number of nitrogens with one attached hydrogen (secondary N) is 1. The predicted octanol–water partition coefficient (Wildman–Crippen LogP) is 3.15. The average molecular weight is 360 g/mol. The number of hydrogen-bond acceptors (Lipinski definition) is 4. The van der Waals surface area contributed by atoms with E-state index in [0.717, 1.165) is 0 Å². The maximum Gasteiger partial charge on any atom is 0.339 e. The number of carbonyl (C=O) groups is 3. The maximum absolute atomic E-state index is 12.6. The van der Waals surface area contributed by atoms with Gasteiger partial charge in [0.2, 0.25) is 0 Å². The van der Waals surface area contributed by atoms with Gasteiger partial charge in [0.05, 0.1) is 11.1 Å². The summed E-state index contributed by atoms with van der Waals surface area (Å²) in [4.78, 5) is 35.6. The van der Waals surface area contributed by atoms with Crippen LogP contribution in [0, 0.1) is 0 Å². The normalized spacial score (nSPS) is 18.9. The number of carbonyl (C=O) groups excluding carboxylic acids is 2. The van der Waals surface area contributed by atoms with Crippen molar-refractivity contribution < 1.29 is 24.2 Å². The molecule has 0 bridgehead atoms. The average Bonchev–Trinajstić information content (AvgIpc) is 2.54. The Hall–Kier alpha value is -2.86. The van der Waals surface area contributed by atoms with Crippen LogP contribution < -0.4 is 5.32 Å². The van der Waals surface area contributed by atoms with E-state index >= 15 is 0 Å².